The summed E-state index contributed by atoms with van der Waals surface area (Å²) < 4.78 is 5.18. The van der Waals surface area contributed by atoms with Crippen molar-refractivity contribution < 1.29 is 9.53 Å². The van der Waals surface area contributed by atoms with Crippen molar-refractivity contribution in [3.63, 3.8) is 0 Å². The minimum atomic E-state index is -0.0878. The molecule has 0 saturated heterocycles. The zero-order valence-corrected chi connectivity index (χ0v) is 24.8. The Morgan fingerprint density at radius 1 is 1.06 bits per heavy atom. The molecule has 1 aromatic carbocycles. The van der Waals surface area contributed by atoms with Crippen LogP contribution in [0, 0.1) is 6.92 Å². The third-order valence-electron chi connectivity index (χ3n) is 4.90. The number of nitrogens with zero attached hydrogens (tertiary/aromatic N) is 4. The Labute approximate surface area is 226 Å². The molecular formula is C26H43ClN6O2S. The standard InChI is InChI=1S/C15H22ClNO2.C11H21N5S/c1-5-13-8-6-7-11(2)15(13)17(14(18)9-16)12(3)10-19-4;1-6-17-11-15-9(12-7(2)3)14-10(16-11)13-8(4)5/h6-8,12H,5,9-10H2,1-4H3;7-8H,6H2,1-5H3,(H2,12,13,14,15,16). The van der Waals surface area contributed by atoms with Gasteiger partial charge in [0, 0.05) is 19.2 Å². The minimum absolute atomic E-state index is 0.0223. The lowest BCUT2D eigenvalue weighted by atomic mass is 10.0. The lowest BCUT2D eigenvalue weighted by molar-refractivity contribution is -0.116. The SMILES string of the molecule is CCSc1nc(NC(C)C)nc(NC(C)C)n1.CCc1cccc(C)c1N(C(=O)CCl)C(C)COC. The van der Waals surface area contributed by atoms with Crippen LogP contribution in [0.4, 0.5) is 17.6 Å². The molecule has 202 valence electrons. The first-order valence-electron chi connectivity index (χ1n) is 12.4. The van der Waals surface area contributed by atoms with Gasteiger partial charge in [-0.15, -0.1) is 11.6 Å². The van der Waals surface area contributed by atoms with Gasteiger partial charge in [-0.1, -0.05) is 43.8 Å². The Morgan fingerprint density at radius 3 is 2.08 bits per heavy atom. The van der Waals surface area contributed by atoms with E-state index in [2.05, 4.69) is 73.2 Å². The van der Waals surface area contributed by atoms with Gasteiger partial charge in [-0.3, -0.25) is 4.79 Å². The Kier molecular flexibility index (Phi) is 14.7. The second-order valence-corrected chi connectivity index (χ2v) is 10.4. The normalized spacial score (nSPS) is 11.7. The van der Waals surface area contributed by atoms with Gasteiger partial charge in [-0.25, -0.2) is 0 Å². The maximum atomic E-state index is 12.2. The van der Waals surface area contributed by atoms with E-state index in [1.165, 1.54) is 0 Å². The Morgan fingerprint density at radius 2 is 1.64 bits per heavy atom. The van der Waals surface area contributed by atoms with Crippen molar-refractivity contribution >= 4 is 46.9 Å². The molecule has 2 rings (SSSR count). The zero-order valence-electron chi connectivity index (χ0n) is 23.2. The maximum absolute atomic E-state index is 12.2. The number of para-hydroxylation sites is 1. The van der Waals surface area contributed by atoms with Crippen molar-refractivity contribution in [2.45, 2.75) is 85.1 Å². The summed E-state index contributed by atoms with van der Waals surface area (Å²) in [5.74, 6) is 2.11. The van der Waals surface area contributed by atoms with Gasteiger partial charge in [0.05, 0.1) is 18.3 Å². The molecule has 1 amide bonds. The van der Waals surface area contributed by atoms with E-state index >= 15 is 0 Å². The van der Waals surface area contributed by atoms with Gasteiger partial charge in [-0.2, -0.15) is 15.0 Å². The molecule has 2 aromatic rings. The first-order valence-corrected chi connectivity index (χ1v) is 14.0. The van der Waals surface area contributed by atoms with Crippen molar-refractivity contribution in [3.8, 4) is 0 Å². The molecule has 0 bridgehead atoms. The number of hydrogen-bond acceptors (Lipinski definition) is 8. The topological polar surface area (TPSA) is 92.3 Å². The number of rotatable bonds is 12. The van der Waals surface area contributed by atoms with Crippen LogP contribution >= 0.6 is 23.4 Å². The summed E-state index contributed by atoms with van der Waals surface area (Å²) in [5.41, 5.74) is 3.21. The van der Waals surface area contributed by atoms with Gasteiger partial charge in [0.2, 0.25) is 17.8 Å². The van der Waals surface area contributed by atoms with Crippen LogP contribution in [-0.2, 0) is 16.0 Å². The molecule has 0 aliphatic rings. The summed E-state index contributed by atoms with van der Waals surface area (Å²) >= 11 is 7.37. The smallest absolute Gasteiger partial charge is 0.242 e. The fraction of sp³-hybridized carbons (Fsp3) is 0.615. The summed E-state index contributed by atoms with van der Waals surface area (Å²) in [6.45, 7) is 16.9. The molecule has 0 aliphatic heterocycles. The van der Waals surface area contributed by atoms with Crippen LogP contribution in [0.3, 0.4) is 0 Å². The number of halogens is 1. The number of benzene rings is 1. The fourth-order valence-corrected chi connectivity index (χ4v) is 4.21. The molecule has 10 heteroatoms. The molecule has 1 aromatic heterocycles. The predicted octanol–water partition coefficient (Wildman–Crippen LogP) is 5.79. The van der Waals surface area contributed by atoms with E-state index < -0.39 is 0 Å². The summed E-state index contributed by atoms with van der Waals surface area (Å²) in [6, 6.07) is 6.66. The Hall–Kier alpha value is -2.10. The Bertz CT molecular complexity index is 916. The highest BCUT2D eigenvalue weighted by molar-refractivity contribution is 7.99. The molecule has 2 N–H and O–H groups in total. The van der Waals surface area contributed by atoms with Crippen LogP contribution in [0.15, 0.2) is 23.4 Å². The number of hydrogen-bond donors (Lipinski definition) is 2. The van der Waals surface area contributed by atoms with Gasteiger partial charge < -0.3 is 20.3 Å². The lowest BCUT2D eigenvalue weighted by Crippen LogP contribution is -2.43. The number of methoxy groups -OCH3 is 1. The fourth-order valence-electron chi connectivity index (χ4n) is 3.52. The molecule has 1 atom stereocenters. The van der Waals surface area contributed by atoms with Gasteiger partial charge in [0.25, 0.3) is 0 Å². The number of carbonyl (C=O) groups is 1. The van der Waals surface area contributed by atoms with E-state index in [1.54, 1.807) is 23.8 Å². The van der Waals surface area contributed by atoms with Crippen molar-refractivity contribution in [2.24, 2.45) is 0 Å². The first-order chi connectivity index (χ1) is 17.1. The average molecular weight is 539 g/mol. The third kappa shape index (κ3) is 10.5. The van der Waals surface area contributed by atoms with Crippen molar-refractivity contribution in [2.75, 3.05) is 40.9 Å². The molecule has 0 spiro atoms. The van der Waals surface area contributed by atoms with Crippen LogP contribution in [0.1, 0.15) is 59.6 Å². The number of alkyl halides is 1. The molecule has 1 unspecified atom stereocenters. The maximum Gasteiger partial charge on any atom is 0.242 e. The van der Waals surface area contributed by atoms with Gasteiger partial charge in [0.1, 0.15) is 5.88 Å². The highest BCUT2D eigenvalue weighted by atomic mass is 35.5. The minimum Gasteiger partial charge on any atom is -0.383 e. The third-order valence-corrected chi connectivity index (χ3v) is 5.86. The van der Waals surface area contributed by atoms with Gasteiger partial charge >= 0.3 is 0 Å². The molecule has 0 aliphatic carbocycles. The van der Waals surface area contributed by atoms with Crippen LogP contribution in [0.25, 0.3) is 0 Å². The van der Waals surface area contributed by atoms with Gasteiger partial charge in [0.15, 0.2) is 5.16 Å². The average Bonchev–Trinajstić information content (AvgIpc) is 2.80. The monoisotopic (exact) mass is 538 g/mol. The lowest BCUT2D eigenvalue weighted by Gasteiger charge is -2.31. The number of aromatic nitrogens is 3. The predicted molar refractivity (Wildman–Crippen MR) is 154 cm³/mol. The van der Waals surface area contributed by atoms with E-state index in [9.17, 15) is 4.79 Å². The molecule has 0 fully saturated rings. The second kappa shape index (κ2) is 16.6. The van der Waals surface area contributed by atoms with E-state index in [-0.39, 0.29) is 17.8 Å². The quantitative estimate of drug-likeness (QED) is 0.259. The number of aryl methyl sites for hydroxylation is 2. The summed E-state index contributed by atoms with van der Waals surface area (Å²) in [4.78, 5) is 27.0. The molecule has 0 radical (unpaired) electrons. The Balaban J connectivity index is 0.000000362. The van der Waals surface area contributed by atoms with Crippen LogP contribution < -0.4 is 15.5 Å². The molecule has 1 heterocycles. The van der Waals surface area contributed by atoms with Crippen molar-refractivity contribution in [1.29, 1.82) is 0 Å². The summed E-state index contributed by atoms with van der Waals surface area (Å²) in [6.07, 6.45) is 0.878. The van der Waals surface area contributed by atoms with Crippen LogP contribution in [-0.4, -0.2) is 64.3 Å². The number of carbonyl (C=O) groups excluding carboxylic acids is 1. The number of amides is 1. The van der Waals surface area contributed by atoms with Crippen LogP contribution in [0.5, 0.6) is 0 Å². The van der Waals surface area contributed by atoms with E-state index in [4.69, 9.17) is 16.3 Å². The molecule has 0 saturated carbocycles. The first kappa shape index (κ1) is 31.9. The van der Waals surface area contributed by atoms with Crippen molar-refractivity contribution in [3.05, 3.63) is 29.3 Å². The number of nitrogens with one attached hydrogen (secondary N) is 2. The van der Waals surface area contributed by atoms with E-state index in [0.717, 1.165) is 34.1 Å². The number of thioether (sulfide) groups is 1. The van der Waals surface area contributed by atoms with Crippen molar-refractivity contribution in [1.82, 2.24) is 15.0 Å². The number of ether oxygens (including phenoxy) is 1. The second-order valence-electron chi connectivity index (χ2n) is 8.93. The highest BCUT2D eigenvalue weighted by Gasteiger charge is 2.24. The summed E-state index contributed by atoms with van der Waals surface area (Å²) in [5, 5.41) is 7.16. The molecule has 36 heavy (non-hydrogen) atoms. The highest BCUT2D eigenvalue weighted by Crippen LogP contribution is 2.28. The number of anilines is 3. The molecule has 8 nitrogen and oxygen atoms in total. The van der Waals surface area contributed by atoms with E-state index in [1.807, 2.05) is 26.0 Å². The van der Waals surface area contributed by atoms with Gasteiger partial charge in [-0.05, 0) is 64.8 Å². The van der Waals surface area contributed by atoms with Crippen LogP contribution in [0.2, 0.25) is 0 Å². The molecular weight excluding hydrogens is 496 g/mol. The zero-order chi connectivity index (χ0) is 27.3. The largest absolute Gasteiger partial charge is 0.383 e. The van der Waals surface area contributed by atoms with E-state index in [0.29, 0.717) is 30.6 Å². The summed E-state index contributed by atoms with van der Waals surface area (Å²) in [7, 11) is 1.64.